The Balaban J connectivity index is 1.71. The molecule has 0 bridgehead atoms. The summed E-state index contributed by atoms with van der Waals surface area (Å²) in [6.45, 7) is 4.41. The van der Waals surface area contributed by atoms with Crippen LogP contribution >= 0.6 is 23.4 Å². The van der Waals surface area contributed by atoms with Gasteiger partial charge in [-0.05, 0) is 13.2 Å². The Morgan fingerprint density at radius 1 is 1.25 bits per heavy atom. The first-order chi connectivity index (χ1) is 13.3. The average Bonchev–Trinajstić information content (AvgIpc) is 2.93. The molecule has 11 heteroatoms. The minimum absolute atomic E-state index is 0.194. The number of rotatable bonds is 5. The van der Waals surface area contributed by atoms with Crippen LogP contribution in [-0.4, -0.2) is 107 Å². The Kier molecular flexibility index (Phi) is 7.85. The zero-order valence-corrected chi connectivity index (χ0v) is 17.5. The summed E-state index contributed by atoms with van der Waals surface area (Å²) in [6, 6.07) is -1.29. The van der Waals surface area contributed by atoms with Crippen molar-refractivity contribution in [1.82, 2.24) is 16.0 Å². The maximum absolute atomic E-state index is 13.0. The van der Waals surface area contributed by atoms with Crippen LogP contribution in [0.25, 0.3) is 0 Å². The van der Waals surface area contributed by atoms with Crippen molar-refractivity contribution in [3.8, 4) is 0 Å². The Labute approximate surface area is 173 Å². The van der Waals surface area contributed by atoms with Gasteiger partial charge in [-0.25, -0.2) is 0 Å². The molecule has 6 N–H and O–H groups in total. The number of hydrogen-bond donors (Lipinski definition) is 6. The van der Waals surface area contributed by atoms with Crippen LogP contribution in [0.5, 0.6) is 0 Å². The van der Waals surface area contributed by atoms with Crippen molar-refractivity contribution in [2.45, 2.75) is 60.3 Å². The van der Waals surface area contributed by atoms with E-state index in [1.807, 2.05) is 0 Å². The number of fused-ring (bicyclic) bond motifs is 1. The number of amides is 1. The minimum Gasteiger partial charge on any atom is -0.388 e. The summed E-state index contributed by atoms with van der Waals surface area (Å²) in [5, 5.41) is 39.5. The van der Waals surface area contributed by atoms with Crippen LogP contribution in [0.4, 0.5) is 0 Å². The molecule has 1 amide bonds. The van der Waals surface area contributed by atoms with E-state index in [1.54, 1.807) is 13.2 Å². The minimum atomic E-state index is -1.39. The van der Waals surface area contributed by atoms with Crippen LogP contribution in [-0.2, 0) is 14.3 Å². The van der Waals surface area contributed by atoms with E-state index in [0.29, 0.717) is 13.2 Å². The molecule has 3 aliphatic rings. The molecular formula is C17H30ClN3O6S. The van der Waals surface area contributed by atoms with E-state index in [0.717, 1.165) is 13.1 Å². The van der Waals surface area contributed by atoms with E-state index in [-0.39, 0.29) is 17.9 Å². The number of ether oxygens (including phenoxy) is 2. The van der Waals surface area contributed by atoms with Crippen molar-refractivity contribution in [2.24, 2.45) is 5.92 Å². The van der Waals surface area contributed by atoms with Crippen molar-refractivity contribution in [2.75, 3.05) is 32.5 Å². The molecule has 0 aromatic carbocycles. The first kappa shape index (κ1) is 22.5. The monoisotopic (exact) mass is 439 g/mol. The number of halogens is 1. The first-order valence-corrected chi connectivity index (χ1v) is 11.3. The Morgan fingerprint density at radius 3 is 2.68 bits per heavy atom. The van der Waals surface area contributed by atoms with Gasteiger partial charge in [0.2, 0.25) is 5.91 Å². The molecule has 3 heterocycles. The summed E-state index contributed by atoms with van der Waals surface area (Å²) in [6.07, 6.45) is -3.48. The van der Waals surface area contributed by atoms with Crippen LogP contribution in [0.1, 0.15) is 6.92 Å². The number of alkyl halides is 1. The molecule has 0 radical (unpaired) electrons. The van der Waals surface area contributed by atoms with Crippen molar-refractivity contribution in [3.63, 3.8) is 0 Å². The van der Waals surface area contributed by atoms with Gasteiger partial charge in [-0.3, -0.25) is 4.79 Å². The second-order valence-corrected chi connectivity index (χ2v) is 9.20. The summed E-state index contributed by atoms with van der Waals surface area (Å²) in [5.74, 6) is -0.0940. The Hall–Kier alpha value is -0.170. The molecule has 9 nitrogen and oxygen atoms in total. The number of thioether (sulfide) groups is 1. The maximum atomic E-state index is 13.0. The summed E-state index contributed by atoms with van der Waals surface area (Å²) in [4.78, 5) is 13.0. The third-order valence-corrected chi connectivity index (χ3v) is 6.79. The van der Waals surface area contributed by atoms with Crippen molar-refractivity contribution in [1.29, 1.82) is 0 Å². The topological polar surface area (TPSA) is 132 Å². The van der Waals surface area contributed by atoms with E-state index in [9.17, 15) is 20.1 Å². The number of aliphatic hydroxyl groups is 3. The number of hydrogen-bond acceptors (Lipinski definition) is 9. The fourth-order valence-corrected chi connectivity index (χ4v) is 4.96. The fraction of sp³-hybridized carbons (Fsp3) is 0.941. The fourth-order valence-electron chi connectivity index (χ4n) is 4.08. The van der Waals surface area contributed by atoms with Gasteiger partial charge in [0, 0.05) is 25.6 Å². The zero-order valence-electron chi connectivity index (χ0n) is 16.0. The number of carbonyl (C=O) groups excluding carboxylic acids is 1. The predicted octanol–water partition coefficient (Wildman–Crippen LogP) is -2.15. The van der Waals surface area contributed by atoms with Crippen molar-refractivity contribution < 1.29 is 29.6 Å². The largest absolute Gasteiger partial charge is 0.388 e. The first-order valence-electron chi connectivity index (χ1n) is 9.57. The highest BCUT2D eigenvalue weighted by Crippen LogP contribution is 2.30. The van der Waals surface area contributed by atoms with E-state index in [2.05, 4.69) is 16.0 Å². The van der Waals surface area contributed by atoms with E-state index >= 15 is 0 Å². The van der Waals surface area contributed by atoms with Gasteiger partial charge in [0.1, 0.15) is 35.9 Å². The lowest BCUT2D eigenvalue weighted by molar-refractivity contribution is -0.205. The Morgan fingerprint density at radius 2 is 2.00 bits per heavy atom. The third-order valence-electron chi connectivity index (χ3n) is 5.67. The molecule has 3 saturated heterocycles. The standard InChI is InChI=1S/C17H30ClN3O6S/c1-7(18)9(15-12(23)11(22)13(24)17(27-15)28-2)21-16(25)10-14-8(6-20-10)5-19-3-4-26-14/h7-15,17,19-20,22-24H,3-6H2,1-2H3,(H,21,25)/t7-,8-,9+,10-,11+,12?,13+,14+,15+,17?/m0/s1. The summed E-state index contributed by atoms with van der Waals surface area (Å²) in [7, 11) is 0. The predicted molar refractivity (Wildman–Crippen MR) is 105 cm³/mol. The molecule has 28 heavy (non-hydrogen) atoms. The summed E-state index contributed by atoms with van der Waals surface area (Å²) in [5.41, 5.74) is -0.733. The summed E-state index contributed by atoms with van der Waals surface area (Å²) < 4.78 is 11.6. The number of nitrogens with one attached hydrogen (secondary N) is 3. The maximum Gasteiger partial charge on any atom is 0.240 e. The van der Waals surface area contributed by atoms with Gasteiger partial charge < -0.3 is 40.7 Å². The molecule has 162 valence electrons. The van der Waals surface area contributed by atoms with Crippen LogP contribution in [0, 0.1) is 5.92 Å². The molecule has 3 fully saturated rings. The van der Waals surface area contributed by atoms with Crippen LogP contribution in [0.2, 0.25) is 0 Å². The van der Waals surface area contributed by atoms with Gasteiger partial charge in [0.15, 0.2) is 0 Å². The average molecular weight is 440 g/mol. The molecular weight excluding hydrogens is 410 g/mol. The molecule has 3 rings (SSSR count). The van der Waals surface area contributed by atoms with Crippen LogP contribution in [0.3, 0.4) is 0 Å². The number of carbonyl (C=O) groups is 1. The SMILES string of the molecule is CSC1O[C@H]([C@H](NC(=O)[C@H]2NC[C@@H]3CNCCO[C@H]32)[C@H](C)Cl)C(O)[C@@H](O)[C@H]1O. The van der Waals surface area contributed by atoms with Gasteiger partial charge in [0.05, 0.1) is 24.1 Å². The van der Waals surface area contributed by atoms with Gasteiger partial charge >= 0.3 is 0 Å². The lowest BCUT2D eigenvalue weighted by Crippen LogP contribution is -2.65. The molecule has 10 atom stereocenters. The van der Waals surface area contributed by atoms with Crippen molar-refractivity contribution in [3.05, 3.63) is 0 Å². The lowest BCUT2D eigenvalue weighted by atomic mass is 9.92. The smallest absolute Gasteiger partial charge is 0.240 e. The van der Waals surface area contributed by atoms with Gasteiger partial charge in [-0.15, -0.1) is 23.4 Å². The van der Waals surface area contributed by atoms with Gasteiger partial charge in [-0.2, -0.15) is 0 Å². The van der Waals surface area contributed by atoms with Crippen LogP contribution in [0.15, 0.2) is 0 Å². The second kappa shape index (κ2) is 9.76. The highest BCUT2D eigenvalue weighted by Gasteiger charge is 2.49. The molecule has 0 spiro atoms. The van der Waals surface area contributed by atoms with E-state index in [4.69, 9.17) is 21.1 Å². The van der Waals surface area contributed by atoms with Crippen LogP contribution < -0.4 is 16.0 Å². The normalized spacial score (nSPS) is 43.6. The quantitative estimate of drug-likeness (QED) is 0.265. The van der Waals surface area contributed by atoms with Gasteiger partial charge in [0.25, 0.3) is 0 Å². The molecule has 0 aromatic heterocycles. The molecule has 3 aliphatic heterocycles. The van der Waals surface area contributed by atoms with E-state index in [1.165, 1.54) is 11.8 Å². The highest BCUT2D eigenvalue weighted by atomic mass is 35.5. The molecule has 0 aliphatic carbocycles. The third kappa shape index (κ3) is 4.60. The van der Waals surface area contributed by atoms with Crippen molar-refractivity contribution >= 4 is 29.3 Å². The van der Waals surface area contributed by atoms with Gasteiger partial charge in [-0.1, -0.05) is 0 Å². The summed E-state index contributed by atoms with van der Waals surface area (Å²) >= 11 is 7.53. The molecule has 0 saturated carbocycles. The van der Waals surface area contributed by atoms with E-state index < -0.39 is 47.3 Å². The molecule has 0 aromatic rings. The lowest BCUT2D eigenvalue weighted by Gasteiger charge is -2.44. The number of aliphatic hydroxyl groups excluding tert-OH is 3. The second-order valence-electron chi connectivity index (χ2n) is 7.57. The molecule has 2 unspecified atom stereocenters. The highest BCUT2D eigenvalue weighted by molar-refractivity contribution is 7.99. The Bertz CT molecular complexity index is 545. The zero-order chi connectivity index (χ0) is 20.4.